The molecule has 0 aliphatic carbocycles. The van der Waals surface area contributed by atoms with Gasteiger partial charge in [-0.15, -0.1) is 0 Å². The van der Waals surface area contributed by atoms with E-state index in [1.165, 1.54) is 6.07 Å². The van der Waals surface area contributed by atoms with Gasteiger partial charge in [0.1, 0.15) is 5.15 Å². The topological polar surface area (TPSA) is 85.1 Å². The van der Waals surface area contributed by atoms with Crippen LogP contribution >= 0.6 is 11.6 Å². The number of nitrogens with zero attached hydrogens (tertiary/aromatic N) is 1. The standard InChI is InChI=1S/C14H20ClN3O2/c1-8(2)10-5-9(6-11(15)17-10)13(20)18-14(3,4)7-12(16)19/h5-6,8H,7H2,1-4H3,(H2,16,19)(H,18,20). The van der Waals surface area contributed by atoms with Crippen LogP contribution in [0.4, 0.5) is 0 Å². The number of halogens is 1. The van der Waals surface area contributed by atoms with Crippen LogP contribution in [0.3, 0.4) is 0 Å². The smallest absolute Gasteiger partial charge is 0.251 e. The summed E-state index contributed by atoms with van der Waals surface area (Å²) in [4.78, 5) is 27.4. The Morgan fingerprint density at radius 1 is 1.40 bits per heavy atom. The number of carbonyl (C=O) groups excluding carboxylic acids is 2. The van der Waals surface area contributed by atoms with Crippen molar-refractivity contribution in [2.45, 2.75) is 45.6 Å². The Labute approximate surface area is 123 Å². The summed E-state index contributed by atoms with van der Waals surface area (Å²) >= 11 is 5.93. The molecule has 1 heterocycles. The Kier molecular flexibility index (Phi) is 5.11. The third-order valence-electron chi connectivity index (χ3n) is 2.74. The molecule has 0 fully saturated rings. The maximum Gasteiger partial charge on any atom is 0.251 e. The molecule has 2 amide bonds. The highest BCUT2D eigenvalue weighted by Gasteiger charge is 2.24. The molecule has 0 atom stereocenters. The second kappa shape index (κ2) is 6.22. The number of amides is 2. The normalized spacial score (nSPS) is 11.5. The van der Waals surface area contributed by atoms with Crippen LogP contribution in [0, 0.1) is 0 Å². The summed E-state index contributed by atoms with van der Waals surface area (Å²) in [5.74, 6) is -0.604. The van der Waals surface area contributed by atoms with Crippen molar-refractivity contribution in [1.29, 1.82) is 0 Å². The average Bonchev–Trinajstić information content (AvgIpc) is 2.25. The minimum Gasteiger partial charge on any atom is -0.370 e. The molecule has 1 aromatic rings. The van der Waals surface area contributed by atoms with Gasteiger partial charge < -0.3 is 11.1 Å². The van der Waals surface area contributed by atoms with E-state index in [1.54, 1.807) is 19.9 Å². The van der Waals surface area contributed by atoms with Gasteiger partial charge in [0.2, 0.25) is 5.91 Å². The molecule has 5 nitrogen and oxygen atoms in total. The quantitative estimate of drug-likeness (QED) is 0.817. The fraction of sp³-hybridized carbons (Fsp3) is 0.500. The van der Waals surface area contributed by atoms with Crippen LogP contribution in [0.5, 0.6) is 0 Å². The molecule has 0 aliphatic rings. The monoisotopic (exact) mass is 297 g/mol. The molecule has 0 saturated heterocycles. The van der Waals surface area contributed by atoms with Crippen LogP contribution in [-0.4, -0.2) is 22.3 Å². The van der Waals surface area contributed by atoms with Crippen molar-refractivity contribution < 1.29 is 9.59 Å². The lowest BCUT2D eigenvalue weighted by molar-refractivity contribution is -0.119. The molecule has 3 N–H and O–H groups in total. The number of carbonyl (C=O) groups is 2. The van der Waals surface area contributed by atoms with Crippen molar-refractivity contribution in [2.75, 3.05) is 0 Å². The molecule has 1 aromatic heterocycles. The van der Waals surface area contributed by atoms with Gasteiger partial charge >= 0.3 is 0 Å². The number of nitrogens with one attached hydrogen (secondary N) is 1. The van der Waals surface area contributed by atoms with Gasteiger partial charge in [0.05, 0.1) is 0 Å². The van der Waals surface area contributed by atoms with Gasteiger partial charge in [0, 0.05) is 23.2 Å². The lowest BCUT2D eigenvalue weighted by Crippen LogP contribution is -2.46. The Morgan fingerprint density at radius 2 is 2.00 bits per heavy atom. The first kappa shape index (κ1) is 16.4. The van der Waals surface area contributed by atoms with E-state index in [0.717, 1.165) is 5.69 Å². The van der Waals surface area contributed by atoms with E-state index < -0.39 is 11.4 Å². The lowest BCUT2D eigenvalue weighted by Gasteiger charge is -2.25. The number of pyridine rings is 1. The third-order valence-corrected chi connectivity index (χ3v) is 2.93. The molecule has 0 spiro atoms. The van der Waals surface area contributed by atoms with Crippen LogP contribution in [0.25, 0.3) is 0 Å². The van der Waals surface area contributed by atoms with E-state index in [2.05, 4.69) is 10.3 Å². The second-order valence-corrected chi connectivity index (χ2v) is 6.13. The van der Waals surface area contributed by atoms with Crippen molar-refractivity contribution in [2.24, 2.45) is 5.73 Å². The van der Waals surface area contributed by atoms with Gasteiger partial charge in [-0.1, -0.05) is 25.4 Å². The first-order valence-electron chi connectivity index (χ1n) is 6.39. The number of nitrogens with two attached hydrogens (primary N) is 1. The largest absolute Gasteiger partial charge is 0.370 e. The van der Waals surface area contributed by atoms with Crippen LogP contribution in [0.2, 0.25) is 5.15 Å². The number of hydrogen-bond acceptors (Lipinski definition) is 3. The number of aromatic nitrogens is 1. The van der Waals surface area contributed by atoms with E-state index in [4.69, 9.17) is 17.3 Å². The Hall–Kier alpha value is -1.62. The van der Waals surface area contributed by atoms with Crippen molar-refractivity contribution >= 4 is 23.4 Å². The summed E-state index contributed by atoms with van der Waals surface area (Å²) in [6.07, 6.45) is 0.0641. The predicted octanol–water partition coefficient (Wildman–Crippen LogP) is 2.24. The van der Waals surface area contributed by atoms with Gasteiger partial charge in [-0.25, -0.2) is 4.98 Å². The second-order valence-electron chi connectivity index (χ2n) is 5.74. The van der Waals surface area contributed by atoms with Crippen LogP contribution in [0.1, 0.15) is 56.1 Å². The van der Waals surface area contributed by atoms with Gasteiger partial charge in [0.15, 0.2) is 0 Å². The molecule has 20 heavy (non-hydrogen) atoms. The summed E-state index contributed by atoms with van der Waals surface area (Å²) in [6, 6.07) is 3.20. The van der Waals surface area contributed by atoms with Gasteiger partial charge in [0.25, 0.3) is 5.91 Å². The molecular weight excluding hydrogens is 278 g/mol. The maximum atomic E-state index is 12.2. The molecule has 1 rings (SSSR count). The first-order valence-corrected chi connectivity index (χ1v) is 6.77. The van der Waals surface area contributed by atoms with Crippen molar-refractivity contribution in [3.63, 3.8) is 0 Å². The summed E-state index contributed by atoms with van der Waals surface area (Å²) < 4.78 is 0. The van der Waals surface area contributed by atoms with Crippen LogP contribution in [0.15, 0.2) is 12.1 Å². The average molecular weight is 298 g/mol. The minimum atomic E-state index is -0.712. The van der Waals surface area contributed by atoms with Gasteiger partial charge in [-0.2, -0.15) is 0 Å². The summed E-state index contributed by atoms with van der Waals surface area (Å²) in [5.41, 5.74) is 5.62. The highest BCUT2D eigenvalue weighted by atomic mass is 35.5. The van der Waals surface area contributed by atoms with E-state index in [0.29, 0.717) is 5.56 Å². The van der Waals surface area contributed by atoms with E-state index in [1.807, 2.05) is 13.8 Å². The zero-order valence-corrected chi connectivity index (χ0v) is 12.9. The van der Waals surface area contributed by atoms with E-state index in [9.17, 15) is 9.59 Å². The predicted molar refractivity (Wildman–Crippen MR) is 78.7 cm³/mol. The van der Waals surface area contributed by atoms with Crippen molar-refractivity contribution in [1.82, 2.24) is 10.3 Å². The Bertz CT molecular complexity index is 527. The number of hydrogen-bond donors (Lipinski definition) is 2. The van der Waals surface area contributed by atoms with Crippen LogP contribution < -0.4 is 11.1 Å². The molecular formula is C14H20ClN3O2. The summed E-state index contributed by atoms with van der Waals surface area (Å²) in [5, 5.41) is 3.04. The maximum absolute atomic E-state index is 12.2. The molecule has 0 aromatic carbocycles. The number of rotatable bonds is 5. The molecule has 6 heteroatoms. The van der Waals surface area contributed by atoms with Crippen LogP contribution in [-0.2, 0) is 4.79 Å². The van der Waals surface area contributed by atoms with Gasteiger partial charge in [-0.05, 0) is 31.9 Å². The highest BCUT2D eigenvalue weighted by Crippen LogP contribution is 2.18. The molecule has 0 aliphatic heterocycles. The SMILES string of the molecule is CC(C)c1cc(C(=O)NC(C)(C)CC(N)=O)cc(Cl)n1. The molecule has 110 valence electrons. The Morgan fingerprint density at radius 3 is 2.50 bits per heavy atom. The molecule has 0 bridgehead atoms. The summed E-state index contributed by atoms with van der Waals surface area (Å²) in [6.45, 7) is 7.42. The third kappa shape index (κ3) is 4.81. The Balaban J connectivity index is 2.95. The van der Waals surface area contributed by atoms with E-state index >= 15 is 0 Å². The minimum absolute atomic E-state index is 0.0641. The van der Waals surface area contributed by atoms with Crippen molar-refractivity contribution in [3.05, 3.63) is 28.5 Å². The van der Waals surface area contributed by atoms with Crippen molar-refractivity contribution in [3.8, 4) is 0 Å². The summed E-state index contributed by atoms with van der Waals surface area (Å²) in [7, 11) is 0. The van der Waals surface area contributed by atoms with E-state index in [-0.39, 0.29) is 23.4 Å². The highest BCUT2D eigenvalue weighted by molar-refractivity contribution is 6.29. The lowest BCUT2D eigenvalue weighted by atomic mass is 9.99. The zero-order valence-electron chi connectivity index (χ0n) is 12.2. The number of primary amides is 1. The molecule has 0 saturated carbocycles. The van der Waals surface area contributed by atoms with Gasteiger partial charge in [-0.3, -0.25) is 9.59 Å². The first-order chi connectivity index (χ1) is 9.10. The molecule has 0 radical (unpaired) electrons. The fourth-order valence-corrected chi connectivity index (χ4v) is 2.02. The fourth-order valence-electron chi connectivity index (χ4n) is 1.80. The molecule has 0 unspecified atom stereocenters. The zero-order chi connectivity index (χ0) is 15.5.